The van der Waals surface area contributed by atoms with E-state index in [1.165, 1.54) is 16.8 Å². The molecule has 20 heavy (non-hydrogen) atoms. The first-order valence-corrected chi connectivity index (χ1v) is 7.20. The summed E-state index contributed by atoms with van der Waals surface area (Å²) in [6.45, 7) is 5.06. The molecule has 3 nitrogen and oxygen atoms in total. The molecule has 0 aliphatic rings. The van der Waals surface area contributed by atoms with Crippen molar-refractivity contribution in [2.24, 2.45) is 0 Å². The first-order chi connectivity index (χ1) is 9.81. The van der Waals surface area contributed by atoms with Crippen molar-refractivity contribution in [2.45, 2.75) is 19.9 Å². The van der Waals surface area contributed by atoms with Gasteiger partial charge < -0.3 is 10.2 Å². The van der Waals surface area contributed by atoms with E-state index in [-0.39, 0.29) is 0 Å². The minimum atomic E-state index is 0.923. The molecule has 1 N–H and O–H groups in total. The Morgan fingerprint density at radius 3 is 2.60 bits per heavy atom. The monoisotopic (exact) mass is 269 g/mol. The van der Waals surface area contributed by atoms with Gasteiger partial charge in [0.05, 0.1) is 0 Å². The molecule has 0 unspecified atom stereocenters. The fourth-order valence-corrected chi connectivity index (χ4v) is 2.26. The van der Waals surface area contributed by atoms with E-state index in [0.29, 0.717) is 0 Å². The molecule has 0 radical (unpaired) electrons. The van der Waals surface area contributed by atoms with Crippen LogP contribution in [-0.4, -0.2) is 25.1 Å². The molecule has 0 aliphatic carbocycles. The largest absolute Gasteiger partial charge is 0.374 e. The number of rotatable bonds is 7. The Labute approximate surface area is 121 Å². The predicted molar refractivity (Wildman–Crippen MR) is 85.0 cm³/mol. The third-order valence-electron chi connectivity index (χ3n) is 3.45. The van der Waals surface area contributed by atoms with E-state index in [2.05, 4.69) is 65.6 Å². The average Bonchev–Trinajstić information content (AvgIpc) is 2.52. The highest BCUT2D eigenvalue weighted by atomic mass is 15.1. The molecule has 0 atom stereocenters. The molecule has 1 heterocycles. The summed E-state index contributed by atoms with van der Waals surface area (Å²) >= 11 is 0. The highest BCUT2D eigenvalue weighted by molar-refractivity contribution is 5.53. The van der Waals surface area contributed by atoms with Gasteiger partial charge in [-0.05, 0) is 42.3 Å². The Kier molecular flexibility index (Phi) is 5.56. The first kappa shape index (κ1) is 14.5. The number of pyridine rings is 1. The van der Waals surface area contributed by atoms with E-state index in [0.717, 1.165) is 26.1 Å². The van der Waals surface area contributed by atoms with Crippen LogP contribution >= 0.6 is 0 Å². The Balaban J connectivity index is 1.99. The molecule has 106 valence electrons. The van der Waals surface area contributed by atoms with Gasteiger partial charge in [-0.15, -0.1) is 0 Å². The summed E-state index contributed by atoms with van der Waals surface area (Å²) in [5.41, 5.74) is 3.99. The zero-order chi connectivity index (χ0) is 14.2. The second-order valence-corrected chi connectivity index (χ2v) is 4.94. The third kappa shape index (κ3) is 4.07. The van der Waals surface area contributed by atoms with Gasteiger partial charge in [-0.1, -0.05) is 25.1 Å². The number of hydrogen-bond acceptors (Lipinski definition) is 3. The van der Waals surface area contributed by atoms with Crippen LogP contribution in [0.5, 0.6) is 0 Å². The number of nitrogens with one attached hydrogen (secondary N) is 1. The van der Waals surface area contributed by atoms with E-state index >= 15 is 0 Å². The summed E-state index contributed by atoms with van der Waals surface area (Å²) < 4.78 is 0. The third-order valence-corrected chi connectivity index (χ3v) is 3.45. The summed E-state index contributed by atoms with van der Waals surface area (Å²) in [6.07, 6.45) is 4.75. The normalized spacial score (nSPS) is 10.5. The van der Waals surface area contributed by atoms with Crippen molar-refractivity contribution < 1.29 is 0 Å². The number of para-hydroxylation sites is 1. The molecule has 0 fully saturated rings. The Bertz CT molecular complexity index is 511. The van der Waals surface area contributed by atoms with Gasteiger partial charge >= 0.3 is 0 Å². The number of aromatic nitrogens is 1. The summed E-state index contributed by atoms with van der Waals surface area (Å²) in [5.74, 6) is 0. The van der Waals surface area contributed by atoms with Crippen LogP contribution in [0.15, 0.2) is 48.8 Å². The lowest BCUT2D eigenvalue weighted by molar-refractivity contribution is 0.722. The molecule has 0 amide bonds. The van der Waals surface area contributed by atoms with Crippen molar-refractivity contribution in [3.05, 3.63) is 59.9 Å². The van der Waals surface area contributed by atoms with E-state index in [1.807, 2.05) is 12.4 Å². The van der Waals surface area contributed by atoms with Gasteiger partial charge in [0.1, 0.15) is 0 Å². The van der Waals surface area contributed by atoms with Crippen molar-refractivity contribution >= 4 is 5.69 Å². The summed E-state index contributed by atoms with van der Waals surface area (Å²) in [4.78, 5) is 6.38. The maximum Gasteiger partial charge on any atom is 0.0409 e. The Morgan fingerprint density at radius 2 is 1.85 bits per heavy atom. The molecular formula is C17H23N3. The summed E-state index contributed by atoms with van der Waals surface area (Å²) in [7, 11) is 2.16. The molecule has 2 rings (SSSR count). The van der Waals surface area contributed by atoms with Gasteiger partial charge in [0.2, 0.25) is 0 Å². The van der Waals surface area contributed by atoms with E-state index in [9.17, 15) is 0 Å². The van der Waals surface area contributed by atoms with Crippen molar-refractivity contribution in [3.8, 4) is 0 Å². The lowest BCUT2D eigenvalue weighted by Crippen LogP contribution is -2.23. The summed E-state index contributed by atoms with van der Waals surface area (Å²) in [6, 6.07) is 12.8. The molecule has 0 saturated heterocycles. The molecular weight excluding hydrogens is 246 g/mol. The molecule has 3 heteroatoms. The highest BCUT2D eigenvalue weighted by Crippen LogP contribution is 2.19. The van der Waals surface area contributed by atoms with E-state index < -0.39 is 0 Å². The van der Waals surface area contributed by atoms with E-state index in [1.54, 1.807) is 0 Å². The number of benzene rings is 1. The predicted octanol–water partition coefficient (Wildman–Crippen LogP) is 2.87. The standard InChI is InChI=1S/C17H23N3/c1-3-18-14-16-6-4-5-7-17(16)20(2)13-10-15-8-11-19-12-9-15/h4-9,11-12,18H,3,10,13-14H2,1-2H3. The van der Waals surface area contributed by atoms with Crippen LogP contribution in [0.4, 0.5) is 5.69 Å². The van der Waals surface area contributed by atoms with Gasteiger partial charge in [-0.25, -0.2) is 0 Å². The Hall–Kier alpha value is -1.87. The summed E-state index contributed by atoms with van der Waals surface area (Å²) in [5, 5.41) is 3.40. The lowest BCUT2D eigenvalue weighted by Gasteiger charge is -2.22. The quantitative estimate of drug-likeness (QED) is 0.837. The van der Waals surface area contributed by atoms with Gasteiger partial charge in [0.15, 0.2) is 0 Å². The molecule has 1 aromatic heterocycles. The number of hydrogen-bond donors (Lipinski definition) is 1. The molecule has 0 saturated carbocycles. The van der Waals surface area contributed by atoms with Gasteiger partial charge in [0.25, 0.3) is 0 Å². The maximum absolute atomic E-state index is 4.06. The van der Waals surface area contributed by atoms with Crippen LogP contribution in [-0.2, 0) is 13.0 Å². The van der Waals surface area contributed by atoms with Crippen molar-refractivity contribution in [3.63, 3.8) is 0 Å². The Morgan fingerprint density at radius 1 is 1.10 bits per heavy atom. The average molecular weight is 269 g/mol. The molecule has 0 spiro atoms. The smallest absolute Gasteiger partial charge is 0.0409 e. The topological polar surface area (TPSA) is 28.2 Å². The van der Waals surface area contributed by atoms with Crippen LogP contribution in [0.25, 0.3) is 0 Å². The minimum absolute atomic E-state index is 0.923. The zero-order valence-electron chi connectivity index (χ0n) is 12.3. The SMILES string of the molecule is CCNCc1ccccc1N(C)CCc1ccncc1. The van der Waals surface area contributed by atoms with Crippen LogP contribution in [0.1, 0.15) is 18.1 Å². The molecule has 2 aromatic rings. The van der Waals surface area contributed by atoms with Crippen LogP contribution in [0.3, 0.4) is 0 Å². The molecule has 1 aromatic carbocycles. The van der Waals surface area contributed by atoms with Gasteiger partial charge in [-0.3, -0.25) is 4.98 Å². The second-order valence-electron chi connectivity index (χ2n) is 4.94. The molecule has 0 bridgehead atoms. The van der Waals surface area contributed by atoms with Crippen molar-refractivity contribution in [2.75, 3.05) is 25.0 Å². The first-order valence-electron chi connectivity index (χ1n) is 7.20. The molecule has 0 aliphatic heterocycles. The number of nitrogens with zero attached hydrogens (tertiary/aromatic N) is 2. The van der Waals surface area contributed by atoms with Crippen molar-refractivity contribution in [1.29, 1.82) is 0 Å². The zero-order valence-corrected chi connectivity index (χ0v) is 12.3. The van der Waals surface area contributed by atoms with Crippen LogP contribution in [0, 0.1) is 0 Å². The van der Waals surface area contributed by atoms with Gasteiger partial charge in [0, 0.05) is 38.2 Å². The highest BCUT2D eigenvalue weighted by Gasteiger charge is 2.06. The number of anilines is 1. The maximum atomic E-state index is 4.06. The van der Waals surface area contributed by atoms with E-state index in [4.69, 9.17) is 0 Å². The number of likely N-dealkylation sites (N-methyl/N-ethyl adjacent to an activating group) is 1. The fourth-order valence-electron chi connectivity index (χ4n) is 2.26. The van der Waals surface area contributed by atoms with Gasteiger partial charge in [-0.2, -0.15) is 0 Å². The second kappa shape index (κ2) is 7.65. The van der Waals surface area contributed by atoms with Crippen LogP contribution in [0.2, 0.25) is 0 Å². The van der Waals surface area contributed by atoms with Crippen LogP contribution < -0.4 is 10.2 Å². The minimum Gasteiger partial charge on any atom is -0.374 e. The fraction of sp³-hybridized carbons (Fsp3) is 0.353. The van der Waals surface area contributed by atoms with Crippen molar-refractivity contribution in [1.82, 2.24) is 10.3 Å². The lowest BCUT2D eigenvalue weighted by atomic mass is 10.1.